The largest absolute Gasteiger partial charge is 0.147 e. The van der Waals surface area contributed by atoms with Crippen molar-refractivity contribution >= 4 is 71.1 Å². The van der Waals surface area contributed by atoms with Crippen LogP contribution in [-0.4, -0.2) is 23.8 Å². The number of fused-ring (bicyclic) bond motifs is 2. The normalized spacial score (nSPS) is 20.0. The summed E-state index contributed by atoms with van der Waals surface area (Å²) in [4.78, 5) is 0. The first kappa shape index (κ1) is 30.1. The van der Waals surface area contributed by atoms with Crippen molar-refractivity contribution in [1.82, 2.24) is 0 Å². The number of benzene rings is 2. The van der Waals surface area contributed by atoms with E-state index in [1.165, 1.54) is 0 Å². The number of halogens is 2. The molecule has 2 unspecified atom stereocenters. The fourth-order valence-corrected chi connectivity index (χ4v) is 24.2. The van der Waals surface area contributed by atoms with E-state index in [0.717, 1.165) is 0 Å². The summed E-state index contributed by atoms with van der Waals surface area (Å²) in [5.41, 5.74) is 9.67. The van der Waals surface area contributed by atoms with Crippen LogP contribution in [0, 0.1) is 0 Å². The predicted octanol–water partition coefficient (Wildman–Crippen LogP) is 7.57. The summed E-state index contributed by atoms with van der Waals surface area (Å²) < 4.78 is 1.23. The first-order valence-corrected chi connectivity index (χ1v) is 28.2. The maximum absolute atomic E-state index is 3.09. The fraction of sp³-hybridized carbons (Fsp3) is 0.429. The Morgan fingerprint density at radius 1 is 0.647 bits per heavy atom. The van der Waals surface area contributed by atoms with Gasteiger partial charge in [-0.3, -0.25) is 0 Å². The van der Waals surface area contributed by atoms with E-state index in [9.17, 15) is 0 Å². The molecule has 0 bridgehead atoms. The van der Waals surface area contributed by atoms with Crippen molar-refractivity contribution in [2.24, 2.45) is 0 Å². The number of hydrogen-bond donors (Lipinski definition) is 0. The summed E-state index contributed by atoms with van der Waals surface area (Å²) in [5, 5.41) is 8.77. The molecule has 2 aliphatic rings. The molecule has 34 heavy (non-hydrogen) atoms. The molecule has 0 saturated carbocycles. The summed E-state index contributed by atoms with van der Waals surface area (Å²) in [6.45, 7) is 19.8. The topological polar surface area (TPSA) is 0 Å². The standard InChI is InChI=1S/2C13H17Si.2CH3.2ClH.H2Si.Ti/c2*1-10-8-11-6-5-7-13(12(11)9-10)14(2,3)4;;;;;;/h2*5-9H,1-4H3;2*1H3;2*1H;1H2;. The minimum absolute atomic E-state index is 0. The van der Waals surface area contributed by atoms with Crippen molar-refractivity contribution in [3.05, 3.63) is 69.8 Å². The van der Waals surface area contributed by atoms with E-state index in [2.05, 4.69) is 120 Å². The maximum Gasteiger partial charge on any atom is -0.147 e. The summed E-state index contributed by atoms with van der Waals surface area (Å²) >= 11 is -3.09. The van der Waals surface area contributed by atoms with Gasteiger partial charge in [0, 0.05) is 0 Å². The second kappa shape index (κ2) is 9.31. The molecule has 4 rings (SSSR count). The van der Waals surface area contributed by atoms with Gasteiger partial charge in [-0.25, -0.2) is 0 Å². The Bertz CT molecular complexity index is 1160. The Morgan fingerprint density at radius 3 is 1.26 bits per heavy atom. The monoisotopic (exact) mass is 582 g/mol. The molecule has 0 aliphatic heterocycles. The average Bonchev–Trinajstić information content (AvgIpc) is 3.15. The van der Waals surface area contributed by atoms with Crippen molar-refractivity contribution in [3.63, 3.8) is 0 Å². The molecule has 2 aromatic carbocycles. The number of rotatable bonds is 4. The Kier molecular flexibility index (Phi) is 8.24. The van der Waals surface area contributed by atoms with Gasteiger partial charge in [0.15, 0.2) is 0 Å². The van der Waals surface area contributed by atoms with Gasteiger partial charge < -0.3 is 0 Å². The van der Waals surface area contributed by atoms with Gasteiger partial charge >= 0.3 is 202 Å². The molecule has 6 heteroatoms. The molecular formula is C28H44Cl2Si3Ti. The molecule has 186 valence electrons. The van der Waals surface area contributed by atoms with Gasteiger partial charge in [0.2, 0.25) is 0 Å². The number of allylic oxidation sites excluding steroid dienone is 2. The van der Waals surface area contributed by atoms with Gasteiger partial charge in [-0.2, -0.15) is 0 Å². The molecule has 0 radical (unpaired) electrons. The Hall–Kier alpha value is -0.135. The summed E-state index contributed by atoms with van der Waals surface area (Å²) in [5.74, 6) is 0. The van der Waals surface area contributed by atoms with Crippen LogP contribution in [0.3, 0.4) is 0 Å². The molecule has 0 heterocycles. The van der Waals surface area contributed by atoms with Crippen molar-refractivity contribution in [3.8, 4) is 0 Å². The van der Waals surface area contributed by atoms with Crippen molar-refractivity contribution in [1.29, 1.82) is 0 Å². The smallest absolute Gasteiger partial charge is 0.147 e. The van der Waals surface area contributed by atoms with Gasteiger partial charge in [0.1, 0.15) is 0 Å². The van der Waals surface area contributed by atoms with Gasteiger partial charge in [-0.1, -0.05) is 0 Å². The SMILES string of the molecule is CC1=Cc2c(cccc2[Si](C)(C)C)[CH]1[Ti]([CH3])([CH3])(=[SiH2])[CH]1C(C)=Cc2c1cccc2[Si](C)(C)C.Cl.Cl. The zero-order valence-electron chi connectivity index (χ0n) is 22.8. The predicted molar refractivity (Wildman–Crippen MR) is 166 cm³/mol. The van der Waals surface area contributed by atoms with Crippen LogP contribution < -0.4 is 10.4 Å². The van der Waals surface area contributed by atoms with Gasteiger partial charge in [0.05, 0.1) is 0 Å². The van der Waals surface area contributed by atoms with Crippen LogP contribution in [0.25, 0.3) is 12.2 Å². The fourth-order valence-electron chi connectivity index (χ4n) is 7.10. The molecule has 0 amide bonds. The van der Waals surface area contributed by atoms with Gasteiger partial charge in [0.25, 0.3) is 0 Å². The van der Waals surface area contributed by atoms with Crippen LogP contribution in [0.15, 0.2) is 47.5 Å². The Labute approximate surface area is 225 Å². The van der Waals surface area contributed by atoms with Crippen LogP contribution in [0.4, 0.5) is 0 Å². The molecule has 0 fully saturated rings. The van der Waals surface area contributed by atoms with Crippen molar-refractivity contribution in [2.75, 3.05) is 0 Å². The van der Waals surface area contributed by atoms with E-state index in [1.54, 1.807) is 43.8 Å². The molecule has 0 nitrogen and oxygen atoms in total. The van der Waals surface area contributed by atoms with E-state index >= 15 is 0 Å². The van der Waals surface area contributed by atoms with E-state index in [4.69, 9.17) is 0 Å². The summed E-state index contributed by atoms with van der Waals surface area (Å²) in [6, 6.07) is 14.5. The zero-order valence-corrected chi connectivity index (χ0v) is 29.4. The first-order chi connectivity index (χ1) is 14.5. The van der Waals surface area contributed by atoms with Crippen LogP contribution in [-0.2, 0) is 14.0 Å². The Morgan fingerprint density at radius 2 is 0.971 bits per heavy atom. The van der Waals surface area contributed by atoms with E-state index in [-0.39, 0.29) is 24.8 Å². The summed E-state index contributed by atoms with van der Waals surface area (Å²) in [6.07, 6.45) is 5.15. The zero-order chi connectivity index (χ0) is 23.9. The number of hydrogen-bond acceptors (Lipinski definition) is 0. The molecule has 0 saturated heterocycles. The average molecular weight is 584 g/mol. The van der Waals surface area contributed by atoms with Crippen LogP contribution in [0.5, 0.6) is 0 Å². The van der Waals surface area contributed by atoms with Crippen molar-refractivity contribution in [2.45, 2.75) is 72.0 Å². The van der Waals surface area contributed by atoms with Crippen LogP contribution in [0.2, 0.25) is 49.7 Å². The molecule has 0 N–H and O–H groups in total. The Balaban J connectivity index is 0.00000204. The molecule has 2 aromatic rings. The van der Waals surface area contributed by atoms with Crippen molar-refractivity contribution < 1.29 is 14.0 Å². The van der Waals surface area contributed by atoms with Crippen LogP contribution >= 0.6 is 24.8 Å². The molecular weight excluding hydrogens is 539 g/mol. The third kappa shape index (κ3) is 4.76. The van der Waals surface area contributed by atoms with E-state index in [0.29, 0.717) is 8.45 Å². The molecule has 0 aromatic heterocycles. The molecule has 2 aliphatic carbocycles. The molecule has 0 spiro atoms. The van der Waals surface area contributed by atoms with Gasteiger partial charge in [-0.15, -0.1) is 24.8 Å². The summed E-state index contributed by atoms with van der Waals surface area (Å²) in [7, 11) is -0.337. The second-order valence-corrected chi connectivity index (χ2v) is 43.9. The van der Waals surface area contributed by atoms with Gasteiger partial charge in [-0.05, 0) is 0 Å². The van der Waals surface area contributed by atoms with E-state index in [1.807, 2.05) is 0 Å². The quantitative estimate of drug-likeness (QED) is 0.326. The van der Waals surface area contributed by atoms with Crippen LogP contribution in [0.1, 0.15) is 44.5 Å². The minimum atomic E-state index is -3.09. The van der Waals surface area contributed by atoms with E-state index < -0.39 is 30.2 Å². The third-order valence-electron chi connectivity index (χ3n) is 8.07. The minimum Gasteiger partial charge on any atom is -0.147 e. The first-order valence-electron chi connectivity index (χ1n) is 12.2. The third-order valence-corrected chi connectivity index (χ3v) is 23.9. The maximum atomic E-state index is 2.74. The second-order valence-electron chi connectivity index (χ2n) is 13.7. The molecule has 2 atom stereocenters.